The van der Waals surface area contributed by atoms with Crippen molar-refractivity contribution in [2.24, 2.45) is 0 Å². The second-order valence-corrected chi connectivity index (χ2v) is 10.2. The van der Waals surface area contributed by atoms with E-state index in [0.29, 0.717) is 46.8 Å². The van der Waals surface area contributed by atoms with Gasteiger partial charge in [0.15, 0.2) is 22.9 Å². The maximum Gasteiger partial charge on any atom is 0.241 e. The molecule has 0 aliphatic heterocycles. The Labute approximate surface area is 230 Å². The standard InChI is InChI=1S/C26H26N8O5S/c1-5-39-22-11-6-8-17(30-22)25-32-24-26(34(25)23-18(37-3)9-7-10-19(23)38-4)29-14-20(31-24)33-40(35,36)15-21-27-12-16(2)13-28-21/h6-14H,5,15H2,1-4H3,(H,31,33). The van der Waals surface area contributed by atoms with Crippen LogP contribution in [0, 0.1) is 6.92 Å². The van der Waals surface area contributed by atoms with Crippen molar-refractivity contribution in [1.82, 2.24) is 34.5 Å². The summed E-state index contributed by atoms with van der Waals surface area (Å²) in [5.74, 6) is 1.47. The summed E-state index contributed by atoms with van der Waals surface area (Å²) in [6.45, 7) is 4.12. The lowest BCUT2D eigenvalue weighted by molar-refractivity contribution is 0.327. The van der Waals surface area contributed by atoms with Crippen molar-refractivity contribution in [2.75, 3.05) is 25.5 Å². The molecule has 0 spiro atoms. The Balaban J connectivity index is 1.63. The topological polar surface area (TPSA) is 156 Å². The summed E-state index contributed by atoms with van der Waals surface area (Å²) in [5.41, 5.74) is 2.31. The number of methoxy groups -OCH3 is 2. The van der Waals surface area contributed by atoms with Crippen molar-refractivity contribution in [3.63, 3.8) is 0 Å². The Morgan fingerprint density at radius 2 is 1.60 bits per heavy atom. The van der Waals surface area contributed by atoms with E-state index in [1.807, 2.05) is 13.8 Å². The van der Waals surface area contributed by atoms with Crippen LogP contribution >= 0.6 is 0 Å². The molecular formula is C26H26N8O5S. The van der Waals surface area contributed by atoms with Crippen LogP contribution in [0.15, 0.2) is 55.0 Å². The van der Waals surface area contributed by atoms with Crippen molar-refractivity contribution < 1.29 is 22.6 Å². The van der Waals surface area contributed by atoms with Crippen LogP contribution < -0.4 is 18.9 Å². The van der Waals surface area contributed by atoms with Gasteiger partial charge in [-0.3, -0.25) is 9.29 Å². The summed E-state index contributed by atoms with van der Waals surface area (Å²) >= 11 is 0. The molecule has 40 heavy (non-hydrogen) atoms. The molecule has 5 rings (SSSR count). The van der Waals surface area contributed by atoms with E-state index in [9.17, 15) is 8.42 Å². The number of para-hydroxylation sites is 1. The highest BCUT2D eigenvalue weighted by molar-refractivity contribution is 7.91. The highest BCUT2D eigenvalue weighted by Gasteiger charge is 2.24. The molecule has 14 heteroatoms. The molecule has 0 amide bonds. The van der Waals surface area contributed by atoms with Crippen LogP contribution in [0.3, 0.4) is 0 Å². The number of nitrogens with zero attached hydrogens (tertiary/aromatic N) is 7. The Morgan fingerprint density at radius 3 is 2.27 bits per heavy atom. The third-order valence-corrected chi connectivity index (χ3v) is 6.81. The fourth-order valence-corrected chi connectivity index (χ4v) is 4.95. The van der Waals surface area contributed by atoms with Gasteiger partial charge in [0.25, 0.3) is 0 Å². The molecule has 1 N–H and O–H groups in total. The summed E-state index contributed by atoms with van der Waals surface area (Å²) in [6.07, 6.45) is 4.42. The van der Waals surface area contributed by atoms with Gasteiger partial charge in [0, 0.05) is 18.5 Å². The largest absolute Gasteiger partial charge is 0.494 e. The van der Waals surface area contributed by atoms with Gasteiger partial charge in [0.1, 0.15) is 34.5 Å². The van der Waals surface area contributed by atoms with Crippen LogP contribution in [0.25, 0.3) is 28.5 Å². The van der Waals surface area contributed by atoms with Crippen molar-refractivity contribution in [3.8, 4) is 34.6 Å². The number of hydrogen-bond acceptors (Lipinski definition) is 11. The van der Waals surface area contributed by atoms with E-state index in [0.717, 1.165) is 5.56 Å². The van der Waals surface area contributed by atoms with E-state index in [1.54, 1.807) is 67.6 Å². The smallest absolute Gasteiger partial charge is 0.241 e. The number of nitrogens with one attached hydrogen (secondary N) is 1. The predicted molar refractivity (Wildman–Crippen MR) is 147 cm³/mol. The van der Waals surface area contributed by atoms with Crippen molar-refractivity contribution >= 4 is 27.1 Å². The first-order valence-electron chi connectivity index (χ1n) is 12.2. The lowest BCUT2D eigenvalue weighted by atomic mass is 10.2. The number of pyridine rings is 1. The number of rotatable bonds is 10. The quantitative estimate of drug-likeness (QED) is 0.266. The minimum absolute atomic E-state index is 0.0150. The van der Waals surface area contributed by atoms with Crippen LogP contribution in [-0.4, -0.2) is 63.7 Å². The predicted octanol–water partition coefficient (Wildman–Crippen LogP) is 3.33. The summed E-state index contributed by atoms with van der Waals surface area (Å²) in [6, 6.07) is 10.7. The number of aryl methyl sites for hydroxylation is 1. The fraction of sp³-hybridized carbons (Fsp3) is 0.231. The minimum Gasteiger partial charge on any atom is -0.494 e. The van der Waals surface area contributed by atoms with Gasteiger partial charge >= 0.3 is 0 Å². The molecule has 5 aromatic rings. The van der Waals surface area contributed by atoms with Gasteiger partial charge in [-0.1, -0.05) is 12.1 Å². The Bertz CT molecular complexity index is 1750. The molecule has 0 unspecified atom stereocenters. The van der Waals surface area contributed by atoms with Gasteiger partial charge in [-0.2, -0.15) is 0 Å². The van der Waals surface area contributed by atoms with Gasteiger partial charge in [-0.05, 0) is 37.6 Å². The number of sulfonamides is 1. The first kappa shape index (κ1) is 26.7. The summed E-state index contributed by atoms with van der Waals surface area (Å²) < 4.78 is 46.7. The van der Waals surface area contributed by atoms with E-state index in [-0.39, 0.29) is 17.3 Å². The number of anilines is 1. The molecule has 4 aromatic heterocycles. The van der Waals surface area contributed by atoms with Gasteiger partial charge in [-0.15, -0.1) is 0 Å². The van der Waals surface area contributed by atoms with Crippen LogP contribution in [0.2, 0.25) is 0 Å². The molecule has 206 valence electrons. The Kier molecular flexibility index (Phi) is 7.42. The summed E-state index contributed by atoms with van der Waals surface area (Å²) in [5, 5.41) is 0. The second kappa shape index (κ2) is 11.1. The minimum atomic E-state index is -3.89. The average molecular weight is 563 g/mol. The zero-order valence-electron chi connectivity index (χ0n) is 22.2. The highest BCUT2D eigenvalue weighted by atomic mass is 32.2. The van der Waals surface area contributed by atoms with Crippen LogP contribution in [-0.2, 0) is 15.8 Å². The first-order chi connectivity index (χ1) is 19.3. The molecule has 0 aliphatic rings. The van der Waals surface area contributed by atoms with Gasteiger partial charge in [-0.25, -0.2) is 38.3 Å². The van der Waals surface area contributed by atoms with Gasteiger partial charge in [0.2, 0.25) is 15.9 Å². The van der Waals surface area contributed by atoms with Crippen molar-refractivity contribution in [3.05, 3.63) is 66.4 Å². The van der Waals surface area contributed by atoms with Crippen molar-refractivity contribution in [2.45, 2.75) is 19.6 Å². The third kappa shape index (κ3) is 5.47. The zero-order valence-corrected chi connectivity index (χ0v) is 23.0. The number of imidazole rings is 1. The number of hydrogen-bond donors (Lipinski definition) is 1. The number of aromatic nitrogens is 7. The monoisotopic (exact) mass is 562 g/mol. The molecule has 0 fully saturated rings. The van der Waals surface area contributed by atoms with E-state index < -0.39 is 15.8 Å². The SMILES string of the molecule is CCOc1cccc(-c2nc3nc(NS(=O)(=O)Cc4ncc(C)cn4)cnc3n2-c2c(OC)cccc2OC)n1. The molecule has 0 saturated heterocycles. The lowest BCUT2D eigenvalue weighted by Gasteiger charge is -2.16. The average Bonchev–Trinajstić information content (AvgIpc) is 3.32. The van der Waals surface area contributed by atoms with E-state index in [1.165, 1.54) is 6.20 Å². The second-order valence-electron chi connectivity index (χ2n) is 8.52. The maximum absolute atomic E-state index is 12.8. The molecule has 1 aromatic carbocycles. The normalized spacial score (nSPS) is 11.4. The zero-order chi connectivity index (χ0) is 28.3. The molecule has 4 heterocycles. The molecular weight excluding hydrogens is 536 g/mol. The van der Waals surface area contributed by atoms with E-state index in [4.69, 9.17) is 19.2 Å². The molecule has 13 nitrogen and oxygen atoms in total. The van der Waals surface area contributed by atoms with Crippen LogP contribution in [0.4, 0.5) is 5.82 Å². The Hall–Kier alpha value is -4.85. The van der Waals surface area contributed by atoms with Crippen LogP contribution in [0.5, 0.6) is 17.4 Å². The lowest BCUT2D eigenvalue weighted by Crippen LogP contribution is -2.17. The molecule has 0 saturated carbocycles. The highest BCUT2D eigenvalue weighted by Crippen LogP contribution is 2.37. The first-order valence-corrected chi connectivity index (χ1v) is 13.8. The van der Waals surface area contributed by atoms with Gasteiger partial charge in [0.05, 0.1) is 27.0 Å². The van der Waals surface area contributed by atoms with E-state index >= 15 is 0 Å². The number of ether oxygens (including phenoxy) is 3. The molecule has 0 aliphatic carbocycles. The number of benzene rings is 1. The van der Waals surface area contributed by atoms with Crippen LogP contribution in [0.1, 0.15) is 18.3 Å². The van der Waals surface area contributed by atoms with Gasteiger partial charge < -0.3 is 14.2 Å². The maximum atomic E-state index is 12.8. The summed E-state index contributed by atoms with van der Waals surface area (Å²) in [7, 11) is -0.805. The molecule has 0 atom stereocenters. The molecule has 0 bridgehead atoms. The molecule has 0 radical (unpaired) electrons. The fourth-order valence-electron chi connectivity index (χ4n) is 3.97. The number of fused-ring (bicyclic) bond motifs is 1. The third-order valence-electron chi connectivity index (χ3n) is 5.65. The van der Waals surface area contributed by atoms with E-state index in [2.05, 4.69) is 29.6 Å². The van der Waals surface area contributed by atoms with Crippen molar-refractivity contribution in [1.29, 1.82) is 0 Å². The summed E-state index contributed by atoms with van der Waals surface area (Å²) in [4.78, 5) is 26.4. The Morgan fingerprint density at radius 1 is 0.900 bits per heavy atom.